The summed E-state index contributed by atoms with van der Waals surface area (Å²) >= 11 is 0. The summed E-state index contributed by atoms with van der Waals surface area (Å²) in [5.74, 6) is 0.834. The smallest absolute Gasteiger partial charge is 0.118 e. The summed E-state index contributed by atoms with van der Waals surface area (Å²) in [4.78, 5) is 0. The number of hydrogen-bond donors (Lipinski definition) is 1. The summed E-state index contributed by atoms with van der Waals surface area (Å²) in [6, 6.07) is 7.73. The lowest BCUT2D eigenvalue weighted by Crippen LogP contribution is -2.32. The van der Waals surface area contributed by atoms with Crippen molar-refractivity contribution < 1.29 is 8.95 Å². The van der Waals surface area contributed by atoms with Crippen LogP contribution in [-0.4, -0.2) is 16.1 Å². The Kier molecular flexibility index (Phi) is 4.50. The van der Waals surface area contributed by atoms with Crippen molar-refractivity contribution in [2.75, 3.05) is 7.11 Å². The standard InChI is InChI=1S/C12H19NO2S/c1-12(2,3)16(14)13-9-10-5-7-11(15-4)8-6-10/h5-8,13H,9H2,1-4H3. The van der Waals surface area contributed by atoms with Crippen molar-refractivity contribution in [2.24, 2.45) is 0 Å². The summed E-state index contributed by atoms with van der Waals surface area (Å²) in [7, 11) is 0.615. The second-order valence-corrected chi connectivity index (χ2v) is 6.60. The molecule has 90 valence electrons. The third-order valence-electron chi connectivity index (χ3n) is 2.12. The molecule has 1 aromatic carbocycles. The molecule has 4 heteroatoms. The minimum atomic E-state index is -1.03. The Balaban J connectivity index is 2.52. The van der Waals surface area contributed by atoms with Crippen LogP contribution in [0.15, 0.2) is 24.3 Å². The molecule has 3 nitrogen and oxygen atoms in total. The Bertz CT molecular complexity index is 354. The maximum Gasteiger partial charge on any atom is 0.118 e. The summed E-state index contributed by atoms with van der Waals surface area (Å²) in [5, 5.41) is 0. The summed E-state index contributed by atoms with van der Waals surface area (Å²) < 4.78 is 19.6. The highest BCUT2D eigenvalue weighted by Crippen LogP contribution is 2.13. The number of ether oxygens (including phenoxy) is 1. The van der Waals surface area contributed by atoms with E-state index in [0.717, 1.165) is 11.3 Å². The van der Waals surface area contributed by atoms with Gasteiger partial charge in [-0.05, 0) is 38.5 Å². The number of hydrogen-bond acceptors (Lipinski definition) is 2. The van der Waals surface area contributed by atoms with E-state index in [0.29, 0.717) is 6.54 Å². The van der Waals surface area contributed by atoms with Crippen LogP contribution in [0.25, 0.3) is 0 Å². The van der Waals surface area contributed by atoms with Gasteiger partial charge in [-0.15, -0.1) is 0 Å². The molecule has 0 aliphatic heterocycles. The molecule has 0 heterocycles. The van der Waals surface area contributed by atoms with Crippen molar-refractivity contribution in [1.82, 2.24) is 4.72 Å². The first kappa shape index (κ1) is 13.2. The first-order valence-corrected chi connectivity index (χ1v) is 6.37. The van der Waals surface area contributed by atoms with Crippen LogP contribution in [0.1, 0.15) is 26.3 Å². The van der Waals surface area contributed by atoms with E-state index in [2.05, 4.69) is 4.72 Å². The van der Waals surface area contributed by atoms with Crippen LogP contribution in [0.3, 0.4) is 0 Å². The Morgan fingerprint density at radius 1 is 1.25 bits per heavy atom. The van der Waals surface area contributed by atoms with Gasteiger partial charge in [-0.2, -0.15) is 0 Å². The van der Waals surface area contributed by atoms with Gasteiger partial charge in [-0.25, -0.2) is 8.93 Å². The highest BCUT2D eigenvalue weighted by molar-refractivity contribution is 7.84. The monoisotopic (exact) mass is 241 g/mol. The highest BCUT2D eigenvalue weighted by Gasteiger charge is 2.18. The molecule has 0 saturated carbocycles. The maximum atomic E-state index is 11.7. The fourth-order valence-corrected chi connectivity index (χ4v) is 1.84. The second kappa shape index (κ2) is 5.46. The van der Waals surface area contributed by atoms with Gasteiger partial charge in [-0.1, -0.05) is 12.1 Å². The van der Waals surface area contributed by atoms with Gasteiger partial charge in [0.2, 0.25) is 0 Å². The third-order valence-corrected chi connectivity index (χ3v) is 3.64. The first-order chi connectivity index (χ1) is 7.43. The number of benzene rings is 1. The van der Waals surface area contributed by atoms with Crippen LogP contribution in [-0.2, 0) is 17.5 Å². The summed E-state index contributed by atoms with van der Waals surface area (Å²) in [6.45, 7) is 6.45. The largest absolute Gasteiger partial charge is 0.497 e. The maximum absolute atomic E-state index is 11.7. The normalized spacial score (nSPS) is 13.5. The lowest BCUT2D eigenvalue weighted by molar-refractivity contribution is 0.414. The Morgan fingerprint density at radius 2 is 1.81 bits per heavy atom. The molecule has 0 aliphatic carbocycles. The SMILES string of the molecule is COc1ccc(CNS(=O)C(C)(C)C)cc1. The van der Waals surface area contributed by atoms with Crippen LogP contribution in [0.4, 0.5) is 0 Å². The van der Waals surface area contributed by atoms with E-state index in [1.54, 1.807) is 7.11 Å². The first-order valence-electron chi connectivity index (χ1n) is 5.22. The van der Waals surface area contributed by atoms with Crippen molar-refractivity contribution in [1.29, 1.82) is 0 Å². The summed E-state index contributed by atoms with van der Waals surface area (Å²) in [6.07, 6.45) is 0. The molecule has 1 N–H and O–H groups in total. The van der Waals surface area contributed by atoms with Gasteiger partial charge in [0.25, 0.3) is 0 Å². The van der Waals surface area contributed by atoms with Crippen LogP contribution in [0.5, 0.6) is 5.75 Å². The van der Waals surface area contributed by atoms with E-state index in [1.807, 2.05) is 45.0 Å². The zero-order valence-electron chi connectivity index (χ0n) is 10.2. The van der Waals surface area contributed by atoms with E-state index in [4.69, 9.17) is 4.74 Å². The van der Waals surface area contributed by atoms with Gasteiger partial charge in [-0.3, -0.25) is 0 Å². The topological polar surface area (TPSA) is 38.3 Å². The number of nitrogens with one attached hydrogen (secondary N) is 1. The predicted octanol–water partition coefficient (Wildman–Crippen LogP) is 2.25. The molecule has 1 aromatic rings. The molecule has 0 saturated heterocycles. The van der Waals surface area contributed by atoms with E-state index in [9.17, 15) is 4.21 Å². The van der Waals surface area contributed by atoms with E-state index >= 15 is 0 Å². The highest BCUT2D eigenvalue weighted by atomic mass is 32.2. The van der Waals surface area contributed by atoms with Gasteiger partial charge in [0, 0.05) is 6.54 Å². The Hall–Kier alpha value is -0.870. The van der Waals surface area contributed by atoms with Crippen LogP contribution >= 0.6 is 0 Å². The molecule has 1 atom stereocenters. The molecule has 0 spiro atoms. The average molecular weight is 241 g/mol. The van der Waals surface area contributed by atoms with Crippen LogP contribution in [0.2, 0.25) is 0 Å². The van der Waals surface area contributed by atoms with Gasteiger partial charge < -0.3 is 4.74 Å². The average Bonchev–Trinajstić information content (AvgIpc) is 2.25. The van der Waals surface area contributed by atoms with E-state index in [-0.39, 0.29) is 4.75 Å². The molecule has 0 bridgehead atoms. The predicted molar refractivity (Wildman–Crippen MR) is 67.7 cm³/mol. The molecule has 0 aromatic heterocycles. The lowest BCUT2D eigenvalue weighted by atomic mass is 10.2. The number of methoxy groups -OCH3 is 1. The Morgan fingerprint density at radius 3 is 2.25 bits per heavy atom. The zero-order valence-corrected chi connectivity index (χ0v) is 11.1. The van der Waals surface area contributed by atoms with Gasteiger partial charge in [0.15, 0.2) is 0 Å². The molecular formula is C12H19NO2S. The van der Waals surface area contributed by atoms with Crippen molar-refractivity contribution in [3.8, 4) is 5.75 Å². The fourth-order valence-electron chi connectivity index (χ4n) is 1.11. The fraction of sp³-hybridized carbons (Fsp3) is 0.500. The third kappa shape index (κ3) is 3.94. The van der Waals surface area contributed by atoms with Crippen LogP contribution < -0.4 is 9.46 Å². The molecule has 1 rings (SSSR count). The molecular weight excluding hydrogens is 222 g/mol. The molecule has 1 unspecified atom stereocenters. The molecule has 0 aliphatic rings. The van der Waals surface area contributed by atoms with Gasteiger partial charge in [0.1, 0.15) is 5.75 Å². The quantitative estimate of drug-likeness (QED) is 0.878. The van der Waals surface area contributed by atoms with E-state index in [1.165, 1.54) is 0 Å². The second-order valence-electron chi connectivity index (χ2n) is 4.55. The van der Waals surface area contributed by atoms with Gasteiger partial charge in [0.05, 0.1) is 22.8 Å². The van der Waals surface area contributed by atoms with Crippen molar-refractivity contribution in [3.63, 3.8) is 0 Å². The molecule has 0 radical (unpaired) electrons. The lowest BCUT2D eigenvalue weighted by Gasteiger charge is -2.18. The number of rotatable bonds is 4. The van der Waals surface area contributed by atoms with Gasteiger partial charge >= 0.3 is 0 Å². The minimum absolute atomic E-state index is 0.230. The molecule has 16 heavy (non-hydrogen) atoms. The van der Waals surface area contributed by atoms with Crippen LogP contribution in [0, 0.1) is 0 Å². The zero-order chi connectivity index (χ0) is 12.2. The van der Waals surface area contributed by atoms with Crippen molar-refractivity contribution >= 4 is 11.0 Å². The van der Waals surface area contributed by atoms with Crippen molar-refractivity contribution in [3.05, 3.63) is 29.8 Å². The molecule has 0 fully saturated rings. The minimum Gasteiger partial charge on any atom is -0.497 e. The molecule has 0 amide bonds. The summed E-state index contributed by atoms with van der Waals surface area (Å²) in [5.41, 5.74) is 1.10. The van der Waals surface area contributed by atoms with E-state index < -0.39 is 11.0 Å². The van der Waals surface area contributed by atoms with Crippen molar-refractivity contribution in [2.45, 2.75) is 32.1 Å². The Labute approximate surface area is 99.8 Å².